The number of hydrogen-bond donors (Lipinski definition) is 1. The van der Waals surface area contributed by atoms with Crippen LogP contribution in [0.5, 0.6) is 0 Å². The first-order chi connectivity index (χ1) is 8.26. The number of rotatable bonds is 0. The number of Topliss-reactive ketones (excluding diaryl/α,β-unsaturated/α-hetero) is 1. The summed E-state index contributed by atoms with van der Waals surface area (Å²) in [6, 6.07) is 0.0958. The number of ketones is 1. The number of fused-ring (bicyclic) bond motifs is 2. The Hall–Kier alpha value is -1.10. The second-order valence-electron chi connectivity index (χ2n) is 6.41. The van der Waals surface area contributed by atoms with Crippen LogP contribution < -0.4 is 5.73 Å². The van der Waals surface area contributed by atoms with Crippen molar-refractivity contribution in [2.45, 2.75) is 45.3 Å². The lowest BCUT2D eigenvalue weighted by molar-refractivity contribution is -0.134. The predicted octanol–water partition coefficient (Wildman–Crippen LogP) is 1.16. The number of ether oxygens (including phenoxy) is 1. The standard InChI is InChI=1S/C13H22N2O3/c1-13(2,3)18-12(17)15-6-8-4-10(14)5-9(7-15)11(8)16/h8-10H,4-7,14H2,1-3H3/t8-,9+,10?. The fraction of sp³-hybridized carbons (Fsp3) is 0.846. The summed E-state index contributed by atoms with van der Waals surface area (Å²) in [7, 11) is 0. The monoisotopic (exact) mass is 254 g/mol. The van der Waals surface area contributed by atoms with Gasteiger partial charge in [0.1, 0.15) is 11.4 Å². The highest BCUT2D eigenvalue weighted by Crippen LogP contribution is 2.31. The SMILES string of the molecule is CC(C)(C)OC(=O)N1C[C@H]2CC(N)C[C@@H](C1)C2=O. The molecule has 3 atom stereocenters. The summed E-state index contributed by atoms with van der Waals surface area (Å²) in [5, 5.41) is 0. The fourth-order valence-corrected chi connectivity index (χ4v) is 2.80. The molecule has 102 valence electrons. The molecule has 18 heavy (non-hydrogen) atoms. The van der Waals surface area contributed by atoms with Gasteiger partial charge in [-0.25, -0.2) is 4.79 Å². The maximum absolute atomic E-state index is 12.0. The van der Waals surface area contributed by atoms with Crippen LogP contribution in [0.3, 0.4) is 0 Å². The van der Waals surface area contributed by atoms with Crippen LogP contribution in [0.25, 0.3) is 0 Å². The van der Waals surface area contributed by atoms with E-state index in [1.807, 2.05) is 20.8 Å². The van der Waals surface area contributed by atoms with Crippen molar-refractivity contribution in [3.05, 3.63) is 0 Å². The van der Waals surface area contributed by atoms with E-state index in [0.717, 1.165) is 0 Å². The molecule has 0 radical (unpaired) electrons. The minimum atomic E-state index is -0.496. The molecule has 0 aromatic heterocycles. The Labute approximate surface area is 108 Å². The zero-order chi connectivity index (χ0) is 13.5. The molecule has 1 saturated carbocycles. The molecule has 1 saturated heterocycles. The Morgan fingerprint density at radius 3 is 2.22 bits per heavy atom. The highest BCUT2D eigenvalue weighted by atomic mass is 16.6. The van der Waals surface area contributed by atoms with Gasteiger partial charge in [-0.3, -0.25) is 4.79 Å². The van der Waals surface area contributed by atoms with E-state index in [1.54, 1.807) is 4.90 Å². The van der Waals surface area contributed by atoms with Gasteiger partial charge >= 0.3 is 6.09 Å². The minimum absolute atomic E-state index is 0.0958. The van der Waals surface area contributed by atoms with E-state index in [1.165, 1.54) is 0 Å². The highest BCUT2D eigenvalue weighted by Gasteiger charge is 2.43. The third-order valence-electron chi connectivity index (χ3n) is 3.51. The summed E-state index contributed by atoms with van der Waals surface area (Å²) < 4.78 is 5.35. The minimum Gasteiger partial charge on any atom is -0.444 e. The number of carbonyl (C=O) groups is 2. The molecule has 2 fully saturated rings. The third-order valence-corrected chi connectivity index (χ3v) is 3.51. The van der Waals surface area contributed by atoms with Gasteiger partial charge in [0.25, 0.3) is 0 Å². The van der Waals surface area contributed by atoms with Crippen LogP contribution >= 0.6 is 0 Å². The molecule has 0 aromatic carbocycles. The number of nitrogens with two attached hydrogens (primary N) is 1. The number of amides is 1. The van der Waals surface area contributed by atoms with Gasteiger partial charge < -0.3 is 15.4 Å². The van der Waals surface area contributed by atoms with Crippen molar-refractivity contribution in [1.82, 2.24) is 4.90 Å². The van der Waals surface area contributed by atoms with E-state index in [9.17, 15) is 9.59 Å². The molecule has 1 aliphatic heterocycles. The molecule has 0 aromatic rings. The molecule has 5 heteroatoms. The van der Waals surface area contributed by atoms with Gasteiger partial charge in [-0.05, 0) is 33.6 Å². The summed E-state index contributed by atoms with van der Waals surface area (Å²) in [4.78, 5) is 25.6. The molecule has 1 heterocycles. The third kappa shape index (κ3) is 2.83. The number of piperidine rings is 1. The number of likely N-dealkylation sites (tertiary alicyclic amines) is 1. The summed E-state index contributed by atoms with van der Waals surface area (Å²) in [5.74, 6) is 0.0801. The van der Waals surface area contributed by atoms with E-state index in [2.05, 4.69) is 0 Å². The molecular weight excluding hydrogens is 232 g/mol. The maximum Gasteiger partial charge on any atom is 0.410 e. The number of hydrogen-bond acceptors (Lipinski definition) is 4. The Kier molecular flexibility index (Phi) is 3.36. The van der Waals surface area contributed by atoms with Gasteiger partial charge in [0.15, 0.2) is 0 Å². The van der Waals surface area contributed by atoms with Crippen molar-refractivity contribution < 1.29 is 14.3 Å². The van der Waals surface area contributed by atoms with Crippen molar-refractivity contribution >= 4 is 11.9 Å². The molecule has 1 amide bonds. The fourth-order valence-electron chi connectivity index (χ4n) is 2.80. The van der Waals surface area contributed by atoms with Crippen LogP contribution in [0, 0.1) is 11.8 Å². The van der Waals surface area contributed by atoms with Gasteiger partial charge in [-0.15, -0.1) is 0 Å². The number of carbonyl (C=O) groups excluding carboxylic acids is 2. The quantitative estimate of drug-likeness (QED) is 0.704. The van der Waals surface area contributed by atoms with Crippen molar-refractivity contribution in [3.8, 4) is 0 Å². The van der Waals surface area contributed by atoms with Gasteiger partial charge in [-0.1, -0.05) is 0 Å². The van der Waals surface area contributed by atoms with E-state index < -0.39 is 5.60 Å². The average molecular weight is 254 g/mol. The Morgan fingerprint density at radius 1 is 1.28 bits per heavy atom. The van der Waals surface area contributed by atoms with E-state index >= 15 is 0 Å². The molecular formula is C13H22N2O3. The average Bonchev–Trinajstić information content (AvgIpc) is 2.17. The molecule has 2 N–H and O–H groups in total. The van der Waals surface area contributed by atoms with Crippen LogP contribution in [0.4, 0.5) is 4.79 Å². The van der Waals surface area contributed by atoms with Gasteiger partial charge in [0, 0.05) is 31.0 Å². The maximum atomic E-state index is 12.0. The summed E-state index contributed by atoms with van der Waals surface area (Å²) in [6.45, 7) is 6.44. The summed E-state index contributed by atoms with van der Waals surface area (Å²) in [5.41, 5.74) is 5.43. The zero-order valence-electron chi connectivity index (χ0n) is 11.3. The molecule has 0 spiro atoms. The lowest BCUT2D eigenvalue weighted by atomic mass is 9.74. The lowest BCUT2D eigenvalue weighted by Gasteiger charge is -2.42. The molecule has 2 bridgehead atoms. The Balaban J connectivity index is 2.02. The second kappa shape index (κ2) is 4.53. The first-order valence-electron chi connectivity index (χ1n) is 6.53. The second-order valence-corrected chi connectivity index (χ2v) is 6.41. The van der Waals surface area contributed by atoms with Crippen molar-refractivity contribution in [3.63, 3.8) is 0 Å². The van der Waals surface area contributed by atoms with Crippen LogP contribution in [0.15, 0.2) is 0 Å². The van der Waals surface area contributed by atoms with Crippen LogP contribution in [0.2, 0.25) is 0 Å². The van der Waals surface area contributed by atoms with E-state index in [-0.39, 0.29) is 29.8 Å². The van der Waals surface area contributed by atoms with Crippen LogP contribution in [0.1, 0.15) is 33.6 Å². The van der Waals surface area contributed by atoms with Crippen LogP contribution in [-0.4, -0.2) is 41.5 Å². The van der Waals surface area contributed by atoms with E-state index in [0.29, 0.717) is 25.9 Å². The smallest absolute Gasteiger partial charge is 0.410 e. The normalized spacial score (nSPS) is 32.3. The molecule has 2 rings (SSSR count). The number of nitrogens with zero attached hydrogens (tertiary/aromatic N) is 1. The first kappa shape index (κ1) is 13.3. The molecule has 1 unspecified atom stereocenters. The predicted molar refractivity (Wildman–Crippen MR) is 67.0 cm³/mol. The topological polar surface area (TPSA) is 72.6 Å². The molecule has 2 aliphatic rings. The summed E-state index contributed by atoms with van der Waals surface area (Å²) >= 11 is 0. The van der Waals surface area contributed by atoms with Crippen molar-refractivity contribution in [2.75, 3.05) is 13.1 Å². The van der Waals surface area contributed by atoms with E-state index in [4.69, 9.17) is 10.5 Å². The van der Waals surface area contributed by atoms with Crippen molar-refractivity contribution in [1.29, 1.82) is 0 Å². The van der Waals surface area contributed by atoms with Crippen LogP contribution in [-0.2, 0) is 9.53 Å². The zero-order valence-corrected chi connectivity index (χ0v) is 11.3. The Bertz CT molecular complexity index is 344. The molecule has 1 aliphatic carbocycles. The summed E-state index contributed by atoms with van der Waals surface area (Å²) in [6.07, 6.45) is 1.06. The van der Waals surface area contributed by atoms with Gasteiger partial charge in [-0.2, -0.15) is 0 Å². The molecule has 5 nitrogen and oxygen atoms in total. The highest BCUT2D eigenvalue weighted by molar-refractivity contribution is 5.87. The van der Waals surface area contributed by atoms with Crippen molar-refractivity contribution in [2.24, 2.45) is 17.6 Å². The largest absolute Gasteiger partial charge is 0.444 e. The van der Waals surface area contributed by atoms with Gasteiger partial charge in [0.05, 0.1) is 0 Å². The van der Waals surface area contributed by atoms with Gasteiger partial charge in [0.2, 0.25) is 0 Å². The Morgan fingerprint density at radius 2 is 1.78 bits per heavy atom. The lowest BCUT2D eigenvalue weighted by Crippen LogP contribution is -2.55. The first-order valence-corrected chi connectivity index (χ1v) is 6.53.